The first kappa shape index (κ1) is 14.5. The Morgan fingerprint density at radius 2 is 2.17 bits per heavy atom. The van der Waals surface area contributed by atoms with Crippen molar-refractivity contribution in [3.8, 4) is 0 Å². The van der Waals surface area contributed by atoms with Crippen LogP contribution in [0.4, 0.5) is 4.79 Å². The number of likely N-dealkylation sites (N-methyl/N-ethyl adjacent to an activating group) is 1. The van der Waals surface area contributed by atoms with Crippen molar-refractivity contribution in [1.29, 1.82) is 0 Å². The molecule has 1 unspecified atom stereocenters. The zero-order chi connectivity index (χ0) is 13.5. The van der Waals surface area contributed by atoms with E-state index < -0.39 is 6.09 Å². The Morgan fingerprint density at radius 3 is 2.78 bits per heavy atom. The summed E-state index contributed by atoms with van der Waals surface area (Å²) in [5, 5.41) is 2.78. The number of carbonyl (C=O) groups is 2. The molecule has 6 heteroatoms. The van der Waals surface area contributed by atoms with Crippen LogP contribution >= 0.6 is 11.6 Å². The lowest BCUT2D eigenvalue weighted by atomic mass is 10.2. The number of methoxy groups -OCH3 is 1. The number of amides is 2. The van der Waals surface area contributed by atoms with Gasteiger partial charge in [-0.05, 0) is 12.1 Å². The molecule has 1 aromatic carbocycles. The Hall–Kier alpha value is -1.59. The zero-order valence-corrected chi connectivity index (χ0v) is 11.1. The largest absolute Gasteiger partial charge is 0.453 e. The van der Waals surface area contributed by atoms with Crippen molar-refractivity contribution >= 4 is 23.6 Å². The Morgan fingerprint density at radius 1 is 1.44 bits per heavy atom. The van der Waals surface area contributed by atoms with Crippen LogP contribution in [0.1, 0.15) is 5.56 Å². The minimum Gasteiger partial charge on any atom is -0.453 e. The maximum atomic E-state index is 11.4. The van der Waals surface area contributed by atoms with E-state index in [1.54, 1.807) is 6.07 Å². The van der Waals surface area contributed by atoms with Crippen molar-refractivity contribution in [3.05, 3.63) is 34.9 Å². The predicted octanol–water partition coefficient (Wildman–Crippen LogP) is 0.237. The number of nitrogens with one attached hydrogen (secondary N) is 2. The van der Waals surface area contributed by atoms with Crippen LogP contribution < -0.4 is 10.2 Å². The van der Waals surface area contributed by atoms with Crippen LogP contribution in [0.3, 0.4) is 0 Å². The Kier molecular flexibility index (Phi) is 5.61. The van der Waals surface area contributed by atoms with Gasteiger partial charge in [-0.15, -0.1) is 0 Å². The number of ether oxygens (including phenoxy) is 1. The normalized spacial score (nSPS) is 11.7. The number of benzene rings is 1. The van der Waals surface area contributed by atoms with Crippen LogP contribution in [-0.4, -0.2) is 32.7 Å². The first-order valence-electron chi connectivity index (χ1n) is 5.45. The van der Waals surface area contributed by atoms with Crippen LogP contribution in [0.2, 0.25) is 5.02 Å². The van der Waals surface area contributed by atoms with Crippen molar-refractivity contribution in [1.82, 2.24) is 5.32 Å². The number of hydrogen-bond acceptors (Lipinski definition) is 3. The van der Waals surface area contributed by atoms with Crippen molar-refractivity contribution in [2.45, 2.75) is 6.54 Å². The second kappa shape index (κ2) is 6.98. The second-order valence-electron chi connectivity index (χ2n) is 3.98. The molecule has 0 aliphatic carbocycles. The maximum absolute atomic E-state index is 11.4. The Bertz CT molecular complexity index is 437. The molecule has 98 valence electrons. The highest BCUT2D eigenvalue weighted by Crippen LogP contribution is 2.09. The fourth-order valence-electron chi connectivity index (χ4n) is 1.54. The zero-order valence-electron chi connectivity index (χ0n) is 10.3. The summed E-state index contributed by atoms with van der Waals surface area (Å²) in [6.45, 7) is 0.830. The third kappa shape index (κ3) is 5.16. The molecule has 0 bridgehead atoms. The first-order valence-corrected chi connectivity index (χ1v) is 5.82. The van der Waals surface area contributed by atoms with Gasteiger partial charge in [0, 0.05) is 10.6 Å². The Labute approximate surface area is 111 Å². The standard InChI is InChI=1S/C12H15ClN2O3/c1-15(8-11(16)14-12(17)18-2)7-9-4-3-5-10(13)6-9/h3-6H,7-8H2,1-2H3,(H,14,16,17)/p+1. The smallest absolute Gasteiger partial charge is 0.413 e. The summed E-state index contributed by atoms with van der Waals surface area (Å²) in [5.74, 6) is -0.374. The van der Waals surface area contributed by atoms with Crippen LogP contribution in [0, 0.1) is 0 Å². The lowest BCUT2D eigenvalue weighted by Crippen LogP contribution is -3.08. The Balaban J connectivity index is 2.44. The summed E-state index contributed by atoms with van der Waals surface area (Å²) < 4.78 is 4.34. The molecule has 2 amide bonds. The van der Waals surface area contributed by atoms with E-state index in [0.717, 1.165) is 10.5 Å². The number of rotatable bonds is 4. The minimum absolute atomic E-state index is 0.182. The van der Waals surface area contributed by atoms with Gasteiger partial charge >= 0.3 is 6.09 Å². The number of imide groups is 1. The average molecular weight is 272 g/mol. The quantitative estimate of drug-likeness (QED) is 0.825. The van der Waals surface area contributed by atoms with Crippen molar-refractivity contribution in [3.63, 3.8) is 0 Å². The highest BCUT2D eigenvalue weighted by atomic mass is 35.5. The van der Waals surface area contributed by atoms with Gasteiger partial charge in [0.1, 0.15) is 6.54 Å². The van der Waals surface area contributed by atoms with E-state index in [4.69, 9.17) is 11.6 Å². The van der Waals surface area contributed by atoms with Crippen LogP contribution in [-0.2, 0) is 16.1 Å². The SMILES string of the molecule is COC(=O)NC(=O)C[NH+](C)Cc1cccc(Cl)c1. The molecule has 0 heterocycles. The topological polar surface area (TPSA) is 59.8 Å². The van der Waals surface area contributed by atoms with E-state index in [1.807, 2.05) is 25.2 Å². The molecule has 5 nitrogen and oxygen atoms in total. The molecule has 18 heavy (non-hydrogen) atoms. The van der Waals surface area contributed by atoms with E-state index >= 15 is 0 Å². The number of quaternary nitrogens is 1. The molecule has 1 rings (SSSR count). The van der Waals surface area contributed by atoms with E-state index in [2.05, 4.69) is 10.1 Å². The lowest BCUT2D eigenvalue weighted by Gasteiger charge is -2.13. The third-order valence-electron chi connectivity index (χ3n) is 2.28. The number of carbonyl (C=O) groups excluding carboxylic acids is 2. The fourth-order valence-corrected chi connectivity index (χ4v) is 1.75. The van der Waals surface area contributed by atoms with Gasteiger partial charge in [0.25, 0.3) is 5.91 Å². The fraction of sp³-hybridized carbons (Fsp3) is 0.333. The number of hydrogen-bond donors (Lipinski definition) is 2. The molecule has 0 radical (unpaired) electrons. The van der Waals surface area contributed by atoms with E-state index in [0.29, 0.717) is 11.6 Å². The van der Waals surface area contributed by atoms with Crippen LogP contribution in [0.5, 0.6) is 0 Å². The van der Waals surface area contributed by atoms with Crippen molar-refractivity contribution in [2.24, 2.45) is 0 Å². The van der Waals surface area contributed by atoms with Gasteiger partial charge in [-0.3, -0.25) is 10.1 Å². The average Bonchev–Trinajstić information content (AvgIpc) is 2.28. The summed E-state index contributed by atoms with van der Waals surface area (Å²) in [5.41, 5.74) is 1.03. The molecule has 0 aliphatic heterocycles. The highest BCUT2D eigenvalue weighted by Gasteiger charge is 2.13. The van der Waals surface area contributed by atoms with Gasteiger partial charge in [0.15, 0.2) is 6.54 Å². The maximum Gasteiger partial charge on any atom is 0.413 e. The van der Waals surface area contributed by atoms with Crippen molar-refractivity contribution < 1.29 is 19.2 Å². The number of halogens is 1. The molecule has 2 N–H and O–H groups in total. The summed E-state index contributed by atoms with van der Waals surface area (Å²) in [6.07, 6.45) is -0.740. The molecular formula is C12H16ClN2O3+. The first-order chi connectivity index (χ1) is 8.51. The molecule has 1 aromatic rings. The van der Waals surface area contributed by atoms with Gasteiger partial charge in [-0.2, -0.15) is 0 Å². The molecule has 0 spiro atoms. The van der Waals surface area contributed by atoms with Crippen molar-refractivity contribution in [2.75, 3.05) is 20.7 Å². The van der Waals surface area contributed by atoms with Gasteiger partial charge in [-0.1, -0.05) is 23.7 Å². The van der Waals surface area contributed by atoms with Crippen LogP contribution in [0.25, 0.3) is 0 Å². The molecule has 1 atom stereocenters. The van der Waals surface area contributed by atoms with E-state index in [-0.39, 0.29) is 12.5 Å². The van der Waals surface area contributed by atoms with Gasteiger partial charge in [0.05, 0.1) is 14.2 Å². The van der Waals surface area contributed by atoms with E-state index in [1.165, 1.54) is 7.11 Å². The third-order valence-corrected chi connectivity index (χ3v) is 2.52. The molecule has 0 fully saturated rings. The van der Waals surface area contributed by atoms with Gasteiger partial charge < -0.3 is 9.64 Å². The molecular weight excluding hydrogens is 256 g/mol. The summed E-state index contributed by atoms with van der Waals surface area (Å²) >= 11 is 5.87. The monoisotopic (exact) mass is 271 g/mol. The summed E-state index contributed by atoms with van der Waals surface area (Å²) in [6, 6.07) is 7.45. The molecule has 0 aliphatic rings. The van der Waals surface area contributed by atoms with Gasteiger partial charge in [-0.25, -0.2) is 4.79 Å². The van der Waals surface area contributed by atoms with Crippen LogP contribution in [0.15, 0.2) is 24.3 Å². The van der Waals surface area contributed by atoms with Gasteiger partial charge in [0.2, 0.25) is 0 Å². The number of alkyl carbamates (subject to hydrolysis) is 1. The molecule has 0 saturated carbocycles. The lowest BCUT2D eigenvalue weighted by molar-refractivity contribution is -0.885. The predicted molar refractivity (Wildman–Crippen MR) is 67.5 cm³/mol. The highest BCUT2D eigenvalue weighted by molar-refractivity contribution is 6.30. The molecule has 0 aromatic heterocycles. The second-order valence-corrected chi connectivity index (χ2v) is 4.42. The summed E-state index contributed by atoms with van der Waals surface area (Å²) in [4.78, 5) is 23.2. The summed E-state index contributed by atoms with van der Waals surface area (Å²) in [7, 11) is 3.07. The molecule has 0 saturated heterocycles. The minimum atomic E-state index is -0.740. The van der Waals surface area contributed by atoms with E-state index in [9.17, 15) is 9.59 Å².